The monoisotopic (exact) mass is 752 g/mol. The van der Waals surface area contributed by atoms with Gasteiger partial charge in [0.15, 0.2) is 5.60 Å². The number of hydrogen-bond acceptors (Lipinski definition) is 10. The van der Waals surface area contributed by atoms with Gasteiger partial charge in [-0.05, 0) is 49.2 Å². The third-order valence-electron chi connectivity index (χ3n) is 11.8. The molecule has 2 aromatic heterocycles. The van der Waals surface area contributed by atoms with Crippen molar-refractivity contribution < 1.29 is 33.4 Å². The van der Waals surface area contributed by atoms with Crippen LogP contribution in [0.4, 0.5) is 5.69 Å². The summed E-state index contributed by atoms with van der Waals surface area (Å²) in [4.78, 5) is 59.3. The Kier molecular flexibility index (Phi) is 10.0. The zero-order valence-electron chi connectivity index (χ0n) is 32.3. The Labute approximate surface area is 319 Å². The van der Waals surface area contributed by atoms with Crippen LogP contribution in [0.2, 0.25) is 0 Å². The Balaban J connectivity index is 1.19. The predicted octanol–water partition coefficient (Wildman–Crippen LogP) is 2.97. The maximum Gasteiger partial charge on any atom is 0.343 e. The number of nitrogens with two attached hydrogens (primary N) is 1. The molecule has 4 aromatic rings. The number of likely N-dealkylation sites (tertiary alicyclic amines) is 1. The highest BCUT2D eigenvalue weighted by atomic mass is 16.6. The number of piperidine rings is 1. The molecule has 0 saturated carbocycles. The van der Waals surface area contributed by atoms with Crippen molar-refractivity contribution in [1.82, 2.24) is 19.8 Å². The van der Waals surface area contributed by atoms with Gasteiger partial charge in [0.25, 0.3) is 11.5 Å². The van der Waals surface area contributed by atoms with Crippen molar-refractivity contribution in [2.24, 2.45) is 5.73 Å². The van der Waals surface area contributed by atoms with E-state index in [0.29, 0.717) is 40.8 Å². The minimum Gasteiger partial charge on any atom is -0.496 e. The zero-order valence-corrected chi connectivity index (χ0v) is 32.3. The van der Waals surface area contributed by atoms with E-state index >= 15 is 0 Å². The van der Waals surface area contributed by atoms with Crippen LogP contribution >= 0.6 is 0 Å². The molecule has 5 heterocycles. The third-order valence-corrected chi connectivity index (χ3v) is 11.8. The summed E-state index contributed by atoms with van der Waals surface area (Å²) in [5, 5.41) is 17.8. The quantitative estimate of drug-likeness (QED) is 0.123. The molecular formula is C41H50N7O7+. The minimum absolute atomic E-state index is 0.0479. The lowest BCUT2D eigenvalue weighted by Gasteiger charge is -2.43. The number of rotatable bonds is 10. The summed E-state index contributed by atoms with van der Waals surface area (Å²) < 4.78 is 13.5. The second-order valence-electron chi connectivity index (χ2n) is 15.6. The van der Waals surface area contributed by atoms with Crippen molar-refractivity contribution in [1.29, 1.82) is 0 Å². The molecule has 5 N–H and O–H groups in total. The first kappa shape index (κ1) is 38.1. The fraction of sp³-hybridized carbons (Fsp3) is 0.439. The molecule has 14 heteroatoms. The molecule has 55 heavy (non-hydrogen) atoms. The number of amides is 2. The van der Waals surface area contributed by atoms with Gasteiger partial charge in [0, 0.05) is 67.3 Å². The van der Waals surface area contributed by atoms with Gasteiger partial charge >= 0.3 is 5.97 Å². The van der Waals surface area contributed by atoms with Crippen molar-refractivity contribution in [3.05, 3.63) is 86.2 Å². The van der Waals surface area contributed by atoms with E-state index in [1.165, 1.54) is 12.7 Å². The molecule has 0 spiro atoms. The number of pyridine rings is 2. The van der Waals surface area contributed by atoms with Gasteiger partial charge in [-0.3, -0.25) is 19.3 Å². The summed E-state index contributed by atoms with van der Waals surface area (Å²) in [5.41, 5.74) is 9.75. The lowest BCUT2D eigenvalue weighted by atomic mass is 9.86. The van der Waals surface area contributed by atoms with E-state index in [4.69, 9.17) is 20.2 Å². The highest BCUT2D eigenvalue weighted by Gasteiger charge is 2.45. The number of cyclic esters (lactones) is 1. The molecule has 14 nitrogen and oxygen atoms in total. The van der Waals surface area contributed by atoms with Gasteiger partial charge in [-0.15, -0.1) is 0 Å². The Morgan fingerprint density at radius 1 is 1.13 bits per heavy atom. The Hall–Kier alpha value is -5.15. The minimum atomic E-state index is -1.94. The second kappa shape index (κ2) is 14.5. The maximum atomic E-state index is 14.0. The molecule has 0 radical (unpaired) electrons. The van der Waals surface area contributed by atoms with Crippen LogP contribution in [-0.2, 0) is 46.2 Å². The highest BCUT2D eigenvalue weighted by molar-refractivity contribution is 6.02. The van der Waals surface area contributed by atoms with Gasteiger partial charge in [0.2, 0.25) is 5.91 Å². The number of anilines is 1. The number of nitrogens with zero attached hydrogens (tertiary/aromatic N) is 4. The second-order valence-corrected chi connectivity index (χ2v) is 15.6. The summed E-state index contributed by atoms with van der Waals surface area (Å²) >= 11 is 0. The van der Waals surface area contributed by atoms with E-state index in [9.17, 15) is 24.3 Å². The number of carbonyl (C=O) groups excluding carboxylic acids is 3. The summed E-state index contributed by atoms with van der Waals surface area (Å²) in [6.45, 7) is 6.52. The van der Waals surface area contributed by atoms with Crippen molar-refractivity contribution >= 4 is 34.4 Å². The molecular weight excluding hydrogens is 702 g/mol. The number of hydrogen-bond donors (Lipinski definition) is 4. The standard InChI is InChI=1S/C41H49N7O7/c1-7-41(53)32-18-34-36-30(20-47(34)39(51)31(32)22-55-40(41)52)29(27-17-35(54-6)28(38(50)43-3)16-33(27)45-36)19-46-14-12-26(13-15-46)48(4,5)21-24-8-10-25(11-9-24)44-37(49)23(2)42/h8-11,16-18,23,26,53H,7,12-15,19-22,42H2,1-6H3,(H-,43,44,49,50)/p+1/t23-,41-/m0/s1. The smallest absolute Gasteiger partial charge is 0.343 e. The van der Waals surface area contributed by atoms with E-state index < -0.39 is 17.6 Å². The van der Waals surface area contributed by atoms with E-state index in [0.717, 1.165) is 59.2 Å². The summed E-state index contributed by atoms with van der Waals surface area (Å²) in [7, 11) is 7.62. The van der Waals surface area contributed by atoms with Gasteiger partial charge in [-0.25, -0.2) is 9.78 Å². The number of fused-ring (bicyclic) bond motifs is 5. The number of benzene rings is 2. The van der Waals surface area contributed by atoms with Crippen LogP contribution in [0.25, 0.3) is 22.3 Å². The van der Waals surface area contributed by atoms with E-state index in [2.05, 4.69) is 41.8 Å². The molecule has 7 rings (SSSR count). The fourth-order valence-corrected chi connectivity index (χ4v) is 8.40. The van der Waals surface area contributed by atoms with Crippen LogP contribution in [0.3, 0.4) is 0 Å². The molecule has 3 aliphatic heterocycles. The molecule has 2 atom stereocenters. The van der Waals surface area contributed by atoms with Gasteiger partial charge in [-0.1, -0.05) is 19.1 Å². The van der Waals surface area contributed by atoms with Crippen molar-refractivity contribution in [3.63, 3.8) is 0 Å². The maximum absolute atomic E-state index is 14.0. The van der Waals surface area contributed by atoms with Crippen LogP contribution < -0.4 is 26.7 Å². The average Bonchev–Trinajstić information content (AvgIpc) is 3.55. The number of quaternary nitrogens is 1. The molecule has 0 bridgehead atoms. The molecule has 2 amide bonds. The molecule has 3 aliphatic rings. The largest absolute Gasteiger partial charge is 0.496 e. The van der Waals surface area contributed by atoms with Crippen molar-refractivity contribution in [2.75, 3.05) is 46.7 Å². The van der Waals surface area contributed by atoms with Crippen LogP contribution in [0.5, 0.6) is 5.75 Å². The molecule has 0 unspecified atom stereocenters. The van der Waals surface area contributed by atoms with Crippen molar-refractivity contribution in [2.45, 2.75) is 77.0 Å². The molecule has 290 valence electrons. The third kappa shape index (κ3) is 6.77. The number of carbonyl (C=O) groups is 3. The van der Waals surface area contributed by atoms with Crippen LogP contribution in [-0.4, -0.2) is 95.3 Å². The van der Waals surface area contributed by atoms with E-state index in [1.807, 2.05) is 18.2 Å². The predicted molar refractivity (Wildman–Crippen MR) is 207 cm³/mol. The van der Waals surface area contributed by atoms with E-state index in [-0.39, 0.29) is 48.1 Å². The Morgan fingerprint density at radius 2 is 1.84 bits per heavy atom. The number of methoxy groups -OCH3 is 1. The summed E-state index contributed by atoms with van der Waals surface area (Å²) in [6, 6.07) is 13.1. The first-order valence-corrected chi connectivity index (χ1v) is 18.8. The highest BCUT2D eigenvalue weighted by Crippen LogP contribution is 2.42. The Morgan fingerprint density at radius 3 is 2.47 bits per heavy atom. The number of ether oxygens (including phenoxy) is 2. The first-order valence-electron chi connectivity index (χ1n) is 18.8. The summed E-state index contributed by atoms with van der Waals surface area (Å²) in [6.07, 6.45) is 1.99. The van der Waals surface area contributed by atoms with Gasteiger partial charge in [0.1, 0.15) is 18.9 Å². The van der Waals surface area contributed by atoms with Crippen LogP contribution in [0, 0.1) is 0 Å². The zero-order chi connectivity index (χ0) is 39.4. The number of aromatic nitrogens is 2. The SMILES string of the molecule is CC[C@@]1(O)C(=O)OCc2c1cc1n(c2=O)Cc2c-1nc1cc(C(=O)NC)c(OC)cc1c2CN1CCC([N+](C)(C)Cc2ccc(NC(=O)[C@H](C)N)cc2)CC1. The Bertz CT molecular complexity index is 2260. The van der Waals surface area contributed by atoms with Gasteiger partial charge < -0.3 is 40.0 Å². The molecule has 1 fully saturated rings. The molecule has 1 saturated heterocycles. The topological polar surface area (TPSA) is 178 Å². The number of esters is 1. The van der Waals surface area contributed by atoms with Gasteiger partial charge in [-0.2, -0.15) is 0 Å². The lowest BCUT2D eigenvalue weighted by Crippen LogP contribution is -2.53. The lowest BCUT2D eigenvalue weighted by molar-refractivity contribution is -0.929. The first-order chi connectivity index (χ1) is 26.2. The van der Waals surface area contributed by atoms with Crippen molar-refractivity contribution in [3.8, 4) is 17.1 Å². The summed E-state index contributed by atoms with van der Waals surface area (Å²) in [5.74, 6) is -0.885. The number of aliphatic hydroxyl groups is 1. The molecule has 0 aliphatic carbocycles. The van der Waals surface area contributed by atoms with E-state index in [1.54, 1.807) is 37.6 Å². The van der Waals surface area contributed by atoms with Gasteiger partial charge in [0.05, 0.1) is 67.9 Å². The molecule has 2 aromatic carbocycles. The van der Waals surface area contributed by atoms with Crippen LogP contribution in [0.1, 0.15) is 71.3 Å². The normalized spacial score (nSPS) is 18.9. The fourth-order valence-electron chi connectivity index (χ4n) is 8.40. The average molecular weight is 753 g/mol. The van der Waals surface area contributed by atoms with Crippen LogP contribution in [0.15, 0.2) is 47.3 Å². The number of nitrogens with one attached hydrogen (secondary N) is 2.